The van der Waals surface area contributed by atoms with Crippen LogP contribution in [0.25, 0.3) is 0 Å². The van der Waals surface area contributed by atoms with Gasteiger partial charge in [-0.2, -0.15) is 0 Å². The number of nitrogens with zero attached hydrogens (tertiary/aromatic N) is 1. The highest BCUT2D eigenvalue weighted by Crippen LogP contribution is 2.07. The molecule has 0 radical (unpaired) electrons. The molecule has 0 aliphatic carbocycles. The SMILES string of the molecule is C=CCNC(=NC)NCCc1cccs1. The van der Waals surface area contributed by atoms with Crippen molar-refractivity contribution in [2.75, 3.05) is 20.1 Å². The van der Waals surface area contributed by atoms with Crippen molar-refractivity contribution in [3.05, 3.63) is 35.0 Å². The number of hydrogen-bond donors (Lipinski definition) is 2. The molecule has 1 heterocycles. The van der Waals surface area contributed by atoms with Gasteiger partial charge in [0.25, 0.3) is 0 Å². The summed E-state index contributed by atoms with van der Waals surface area (Å²) in [5, 5.41) is 8.46. The first-order valence-electron chi connectivity index (χ1n) is 4.94. The van der Waals surface area contributed by atoms with Crippen LogP contribution in [-0.4, -0.2) is 26.1 Å². The minimum absolute atomic E-state index is 0.735. The molecule has 15 heavy (non-hydrogen) atoms. The summed E-state index contributed by atoms with van der Waals surface area (Å²) in [6.07, 6.45) is 2.85. The smallest absolute Gasteiger partial charge is 0.191 e. The maximum Gasteiger partial charge on any atom is 0.191 e. The first-order valence-corrected chi connectivity index (χ1v) is 5.82. The zero-order valence-corrected chi connectivity index (χ0v) is 9.81. The van der Waals surface area contributed by atoms with Gasteiger partial charge in [-0.05, 0) is 17.9 Å². The van der Waals surface area contributed by atoms with Crippen molar-refractivity contribution in [3.63, 3.8) is 0 Å². The van der Waals surface area contributed by atoms with Crippen LogP contribution in [0.2, 0.25) is 0 Å². The molecule has 0 aromatic carbocycles. The normalized spacial score (nSPS) is 11.1. The van der Waals surface area contributed by atoms with Gasteiger partial charge < -0.3 is 10.6 Å². The van der Waals surface area contributed by atoms with Crippen LogP contribution in [0.3, 0.4) is 0 Å². The molecule has 0 fully saturated rings. The van der Waals surface area contributed by atoms with Crippen molar-refractivity contribution in [2.45, 2.75) is 6.42 Å². The summed E-state index contributed by atoms with van der Waals surface area (Å²) in [5.74, 6) is 0.825. The lowest BCUT2D eigenvalue weighted by Gasteiger charge is -2.09. The molecule has 2 N–H and O–H groups in total. The van der Waals surface area contributed by atoms with Crippen LogP contribution in [0, 0.1) is 0 Å². The summed E-state index contributed by atoms with van der Waals surface area (Å²) in [7, 11) is 1.77. The minimum Gasteiger partial charge on any atom is -0.356 e. The third-order valence-electron chi connectivity index (χ3n) is 1.88. The van der Waals surface area contributed by atoms with E-state index >= 15 is 0 Å². The maximum absolute atomic E-state index is 4.09. The molecule has 0 amide bonds. The lowest BCUT2D eigenvalue weighted by molar-refractivity contribution is 0.829. The van der Waals surface area contributed by atoms with E-state index in [2.05, 4.69) is 39.7 Å². The molecular weight excluding hydrogens is 206 g/mol. The first kappa shape index (κ1) is 11.8. The van der Waals surface area contributed by atoms with Crippen molar-refractivity contribution in [1.29, 1.82) is 0 Å². The van der Waals surface area contributed by atoms with E-state index in [1.165, 1.54) is 4.88 Å². The fraction of sp³-hybridized carbons (Fsp3) is 0.364. The predicted molar refractivity (Wildman–Crippen MR) is 67.6 cm³/mol. The Morgan fingerprint density at radius 3 is 3.07 bits per heavy atom. The molecule has 0 saturated heterocycles. The van der Waals surface area contributed by atoms with Crippen molar-refractivity contribution in [3.8, 4) is 0 Å². The molecule has 3 nitrogen and oxygen atoms in total. The number of hydrogen-bond acceptors (Lipinski definition) is 2. The van der Waals surface area contributed by atoms with Crippen LogP contribution >= 0.6 is 11.3 Å². The molecule has 0 spiro atoms. The standard InChI is InChI=1S/C11H17N3S/c1-3-7-13-11(12-2)14-8-6-10-5-4-9-15-10/h3-5,9H,1,6-8H2,2H3,(H2,12,13,14). The van der Waals surface area contributed by atoms with Crippen molar-refractivity contribution < 1.29 is 0 Å². The lowest BCUT2D eigenvalue weighted by Crippen LogP contribution is -2.38. The summed E-state index contributed by atoms with van der Waals surface area (Å²) in [5.41, 5.74) is 0. The topological polar surface area (TPSA) is 36.4 Å². The Bertz CT molecular complexity index is 304. The number of aliphatic imine (C=N–C) groups is 1. The van der Waals surface area contributed by atoms with Crippen LogP contribution in [0.1, 0.15) is 4.88 Å². The van der Waals surface area contributed by atoms with E-state index in [1.807, 2.05) is 6.08 Å². The van der Waals surface area contributed by atoms with E-state index < -0.39 is 0 Å². The number of nitrogens with one attached hydrogen (secondary N) is 2. The highest BCUT2D eigenvalue weighted by Gasteiger charge is 1.96. The zero-order chi connectivity index (χ0) is 10.9. The van der Waals surface area contributed by atoms with E-state index in [4.69, 9.17) is 0 Å². The van der Waals surface area contributed by atoms with Crippen LogP contribution in [0.4, 0.5) is 0 Å². The number of thiophene rings is 1. The van der Waals surface area contributed by atoms with Gasteiger partial charge in [0.05, 0.1) is 0 Å². The molecule has 82 valence electrons. The van der Waals surface area contributed by atoms with Gasteiger partial charge >= 0.3 is 0 Å². The van der Waals surface area contributed by atoms with Gasteiger partial charge in [0.1, 0.15) is 0 Å². The van der Waals surface area contributed by atoms with Gasteiger partial charge in [-0.15, -0.1) is 17.9 Å². The Balaban J connectivity index is 2.20. The van der Waals surface area contributed by atoms with Crippen molar-refractivity contribution >= 4 is 17.3 Å². The van der Waals surface area contributed by atoms with Crippen LogP contribution < -0.4 is 10.6 Å². The summed E-state index contributed by atoms with van der Waals surface area (Å²) in [6.45, 7) is 5.28. The van der Waals surface area contributed by atoms with Crippen molar-refractivity contribution in [2.24, 2.45) is 4.99 Å². The second-order valence-corrected chi connectivity index (χ2v) is 4.03. The fourth-order valence-electron chi connectivity index (χ4n) is 1.15. The molecule has 1 aromatic rings. The maximum atomic E-state index is 4.09. The second kappa shape index (κ2) is 7.06. The fourth-order valence-corrected chi connectivity index (χ4v) is 1.86. The average Bonchev–Trinajstić information content (AvgIpc) is 2.76. The third kappa shape index (κ3) is 4.65. The lowest BCUT2D eigenvalue weighted by atomic mass is 10.3. The molecule has 0 atom stereocenters. The van der Waals surface area contributed by atoms with E-state index in [-0.39, 0.29) is 0 Å². The van der Waals surface area contributed by atoms with E-state index in [0.29, 0.717) is 0 Å². The van der Waals surface area contributed by atoms with Gasteiger partial charge in [-0.3, -0.25) is 4.99 Å². The van der Waals surface area contributed by atoms with Gasteiger partial charge in [0.15, 0.2) is 5.96 Å². The van der Waals surface area contributed by atoms with Gasteiger partial charge in [0, 0.05) is 25.0 Å². The van der Waals surface area contributed by atoms with Gasteiger partial charge in [-0.1, -0.05) is 12.1 Å². The first-order chi connectivity index (χ1) is 7.36. The van der Waals surface area contributed by atoms with E-state index in [0.717, 1.165) is 25.5 Å². The summed E-state index contributed by atoms with van der Waals surface area (Å²) in [4.78, 5) is 5.48. The molecule has 0 aliphatic rings. The second-order valence-electron chi connectivity index (χ2n) is 3.00. The van der Waals surface area contributed by atoms with Gasteiger partial charge in [0.2, 0.25) is 0 Å². The average molecular weight is 223 g/mol. The molecular formula is C11H17N3S. The monoisotopic (exact) mass is 223 g/mol. The Labute approximate surface area is 94.9 Å². The Hall–Kier alpha value is -1.29. The zero-order valence-electron chi connectivity index (χ0n) is 8.99. The molecule has 0 aliphatic heterocycles. The number of guanidine groups is 1. The molecule has 0 bridgehead atoms. The summed E-state index contributed by atoms with van der Waals surface area (Å²) >= 11 is 1.78. The van der Waals surface area contributed by atoms with Gasteiger partial charge in [-0.25, -0.2) is 0 Å². The van der Waals surface area contributed by atoms with Crippen LogP contribution in [0.15, 0.2) is 35.2 Å². The Morgan fingerprint density at radius 2 is 2.47 bits per heavy atom. The molecule has 0 unspecified atom stereocenters. The molecule has 0 saturated carbocycles. The van der Waals surface area contributed by atoms with Crippen LogP contribution in [0.5, 0.6) is 0 Å². The highest BCUT2D eigenvalue weighted by atomic mass is 32.1. The molecule has 1 rings (SSSR count). The Morgan fingerprint density at radius 1 is 1.60 bits per heavy atom. The van der Waals surface area contributed by atoms with Crippen molar-refractivity contribution in [1.82, 2.24) is 10.6 Å². The largest absolute Gasteiger partial charge is 0.356 e. The van der Waals surface area contributed by atoms with E-state index in [1.54, 1.807) is 18.4 Å². The predicted octanol–water partition coefficient (Wildman–Crippen LogP) is 1.64. The Kier molecular flexibility index (Phi) is 5.55. The molecule has 1 aromatic heterocycles. The molecule has 4 heteroatoms. The third-order valence-corrected chi connectivity index (χ3v) is 2.82. The minimum atomic E-state index is 0.735. The number of rotatable bonds is 5. The summed E-state index contributed by atoms with van der Waals surface area (Å²) in [6, 6.07) is 4.22. The quantitative estimate of drug-likeness (QED) is 0.452. The summed E-state index contributed by atoms with van der Waals surface area (Å²) < 4.78 is 0. The van der Waals surface area contributed by atoms with E-state index in [9.17, 15) is 0 Å². The van der Waals surface area contributed by atoms with Crippen LogP contribution in [-0.2, 0) is 6.42 Å². The highest BCUT2D eigenvalue weighted by molar-refractivity contribution is 7.09.